The molecule has 1 fully saturated rings. The molecule has 2 atom stereocenters. The van der Waals surface area contributed by atoms with E-state index in [9.17, 15) is 13.5 Å². The first kappa shape index (κ1) is 16.9. The Labute approximate surface area is 134 Å². The topological polar surface area (TPSA) is 60.9 Å². The van der Waals surface area contributed by atoms with Crippen molar-refractivity contribution in [2.45, 2.75) is 24.5 Å². The average Bonchev–Trinajstić information content (AvgIpc) is 2.82. The molecule has 0 radical (unpaired) electrons. The molecule has 1 N–H and O–H groups in total. The van der Waals surface area contributed by atoms with E-state index >= 15 is 0 Å². The van der Waals surface area contributed by atoms with Gasteiger partial charge in [-0.2, -0.15) is 4.31 Å². The van der Waals surface area contributed by atoms with Gasteiger partial charge in [0.2, 0.25) is 10.0 Å². The SMILES string of the molecule is CC1CN(S(=O)(=O)c2cc(CO)ccc2Br)CC1N(C)C. The van der Waals surface area contributed by atoms with Crippen LogP contribution in [0.15, 0.2) is 27.6 Å². The van der Waals surface area contributed by atoms with Gasteiger partial charge in [-0.3, -0.25) is 0 Å². The molecule has 0 spiro atoms. The maximum atomic E-state index is 12.8. The Hall–Kier alpha value is -0.470. The van der Waals surface area contributed by atoms with E-state index in [4.69, 9.17) is 0 Å². The van der Waals surface area contributed by atoms with Crippen molar-refractivity contribution < 1.29 is 13.5 Å². The zero-order valence-corrected chi connectivity index (χ0v) is 14.9. The summed E-state index contributed by atoms with van der Waals surface area (Å²) in [6.07, 6.45) is 0. The minimum absolute atomic E-state index is 0.174. The highest BCUT2D eigenvalue weighted by Gasteiger charge is 2.38. The predicted molar refractivity (Wildman–Crippen MR) is 85.5 cm³/mol. The first-order valence-electron chi connectivity index (χ1n) is 6.83. The van der Waals surface area contributed by atoms with Crippen LogP contribution < -0.4 is 0 Å². The third-order valence-corrected chi connectivity index (χ3v) is 6.82. The van der Waals surface area contributed by atoms with Crippen molar-refractivity contribution in [3.8, 4) is 0 Å². The first-order valence-corrected chi connectivity index (χ1v) is 9.06. The average molecular weight is 377 g/mol. The fourth-order valence-electron chi connectivity index (χ4n) is 2.76. The number of aliphatic hydroxyl groups excluding tert-OH is 1. The van der Waals surface area contributed by atoms with Crippen LogP contribution in [0.1, 0.15) is 12.5 Å². The van der Waals surface area contributed by atoms with Crippen LogP contribution in [0.3, 0.4) is 0 Å². The number of rotatable bonds is 4. The normalized spacial score (nSPS) is 23.9. The highest BCUT2D eigenvalue weighted by Crippen LogP contribution is 2.31. The largest absolute Gasteiger partial charge is 0.392 e. The first-order chi connectivity index (χ1) is 9.77. The van der Waals surface area contributed by atoms with E-state index in [-0.39, 0.29) is 23.5 Å². The molecule has 1 aromatic rings. The highest BCUT2D eigenvalue weighted by atomic mass is 79.9. The number of nitrogens with zero attached hydrogens (tertiary/aromatic N) is 2. The lowest BCUT2D eigenvalue weighted by molar-refractivity contribution is 0.263. The number of halogens is 1. The Balaban J connectivity index is 2.35. The van der Waals surface area contributed by atoms with Crippen LogP contribution in [0.5, 0.6) is 0 Å². The predicted octanol–water partition coefficient (Wildman–Crippen LogP) is 1.51. The molecule has 1 aliphatic rings. The van der Waals surface area contributed by atoms with Gasteiger partial charge in [-0.1, -0.05) is 13.0 Å². The smallest absolute Gasteiger partial charge is 0.244 e. The quantitative estimate of drug-likeness (QED) is 0.864. The van der Waals surface area contributed by atoms with Crippen molar-refractivity contribution in [2.75, 3.05) is 27.2 Å². The van der Waals surface area contributed by atoms with E-state index in [1.807, 2.05) is 14.1 Å². The van der Waals surface area contributed by atoms with E-state index in [0.29, 0.717) is 23.1 Å². The van der Waals surface area contributed by atoms with E-state index in [1.54, 1.807) is 12.1 Å². The van der Waals surface area contributed by atoms with Crippen molar-refractivity contribution in [3.63, 3.8) is 0 Å². The Morgan fingerprint density at radius 3 is 2.57 bits per heavy atom. The van der Waals surface area contributed by atoms with Gasteiger partial charge in [0, 0.05) is 23.6 Å². The molecule has 1 heterocycles. The lowest BCUT2D eigenvalue weighted by Gasteiger charge is -2.22. The van der Waals surface area contributed by atoms with Crippen LogP contribution in [0.2, 0.25) is 0 Å². The standard InChI is InChI=1S/C14H21BrN2O3S/c1-10-7-17(8-13(10)16(2)3)21(19,20)14-6-11(9-18)4-5-12(14)15/h4-6,10,13,18H,7-9H2,1-3H3. The lowest BCUT2D eigenvalue weighted by Crippen LogP contribution is -2.35. The van der Waals surface area contributed by atoms with Gasteiger partial charge in [0.25, 0.3) is 0 Å². The molecule has 2 rings (SSSR count). The lowest BCUT2D eigenvalue weighted by atomic mass is 10.1. The van der Waals surface area contributed by atoms with Gasteiger partial charge in [-0.05, 0) is 53.6 Å². The molecule has 118 valence electrons. The van der Waals surface area contributed by atoms with Crippen LogP contribution in [0.4, 0.5) is 0 Å². The van der Waals surface area contributed by atoms with Crippen molar-refractivity contribution in [3.05, 3.63) is 28.2 Å². The number of sulfonamides is 1. The van der Waals surface area contributed by atoms with Crippen molar-refractivity contribution in [1.82, 2.24) is 9.21 Å². The maximum Gasteiger partial charge on any atom is 0.244 e. The fraction of sp³-hybridized carbons (Fsp3) is 0.571. The van der Waals surface area contributed by atoms with E-state index in [1.165, 1.54) is 10.4 Å². The molecule has 1 aliphatic heterocycles. The minimum atomic E-state index is -3.55. The van der Waals surface area contributed by atoms with Crippen molar-refractivity contribution in [1.29, 1.82) is 0 Å². The third-order valence-electron chi connectivity index (χ3n) is 4.00. The molecule has 0 aromatic heterocycles. The van der Waals surface area contributed by atoms with Gasteiger partial charge in [0.15, 0.2) is 0 Å². The number of benzene rings is 1. The van der Waals surface area contributed by atoms with Crippen LogP contribution in [0.25, 0.3) is 0 Å². The second kappa shape index (κ2) is 6.34. The second-order valence-corrected chi connectivity index (χ2v) is 8.51. The summed E-state index contributed by atoms with van der Waals surface area (Å²) in [5.74, 6) is 0.287. The second-order valence-electron chi connectivity index (χ2n) is 5.75. The molecule has 0 amide bonds. The number of aliphatic hydroxyl groups is 1. The Morgan fingerprint density at radius 1 is 1.38 bits per heavy atom. The molecule has 1 aromatic carbocycles. The molecule has 2 unspecified atom stereocenters. The number of hydrogen-bond donors (Lipinski definition) is 1. The van der Waals surface area contributed by atoms with Gasteiger partial charge in [0.05, 0.1) is 11.5 Å². The zero-order chi connectivity index (χ0) is 15.8. The summed E-state index contributed by atoms with van der Waals surface area (Å²) >= 11 is 3.30. The van der Waals surface area contributed by atoms with Gasteiger partial charge in [-0.25, -0.2) is 8.42 Å². The van der Waals surface area contributed by atoms with Gasteiger partial charge < -0.3 is 10.0 Å². The molecule has 5 nitrogen and oxygen atoms in total. The van der Waals surface area contributed by atoms with Crippen LogP contribution >= 0.6 is 15.9 Å². The number of hydrogen-bond acceptors (Lipinski definition) is 4. The summed E-state index contributed by atoms with van der Waals surface area (Å²) in [7, 11) is 0.391. The molecule has 0 saturated carbocycles. The Kier molecular flexibility index (Phi) is 5.10. The fourth-order valence-corrected chi connectivity index (χ4v) is 5.29. The van der Waals surface area contributed by atoms with Gasteiger partial charge >= 0.3 is 0 Å². The van der Waals surface area contributed by atoms with Crippen LogP contribution in [-0.2, 0) is 16.6 Å². The summed E-state index contributed by atoms with van der Waals surface area (Å²) in [6, 6.07) is 5.13. The Bertz CT molecular complexity index is 619. The molecule has 1 saturated heterocycles. The third kappa shape index (κ3) is 3.32. The molecule has 7 heteroatoms. The summed E-state index contributed by atoms with van der Waals surface area (Å²) in [6.45, 7) is 2.90. The molecule has 0 bridgehead atoms. The van der Waals surface area contributed by atoms with E-state index < -0.39 is 10.0 Å². The summed E-state index contributed by atoms with van der Waals surface area (Å²) in [4.78, 5) is 2.29. The zero-order valence-electron chi connectivity index (χ0n) is 12.5. The molecule has 21 heavy (non-hydrogen) atoms. The summed E-state index contributed by atoms with van der Waals surface area (Å²) < 4.78 is 27.7. The maximum absolute atomic E-state index is 12.8. The van der Waals surface area contributed by atoms with Crippen molar-refractivity contribution >= 4 is 26.0 Å². The van der Waals surface area contributed by atoms with Crippen LogP contribution in [-0.4, -0.2) is 56.0 Å². The summed E-state index contributed by atoms with van der Waals surface area (Å²) in [5, 5.41) is 9.21. The van der Waals surface area contributed by atoms with Crippen molar-refractivity contribution in [2.24, 2.45) is 5.92 Å². The monoisotopic (exact) mass is 376 g/mol. The summed E-state index contributed by atoms with van der Waals surface area (Å²) in [5.41, 5.74) is 0.591. The molecular weight excluding hydrogens is 356 g/mol. The van der Waals surface area contributed by atoms with E-state index in [0.717, 1.165) is 0 Å². The van der Waals surface area contributed by atoms with Crippen LogP contribution in [0, 0.1) is 5.92 Å². The highest BCUT2D eigenvalue weighted by molar-refractivity contribution is 9.10. The Morgan fingerprint density at radius 2 is 2.05 bits per heavy atom. The molecule has 0 aliphatic carbocycles. The number of likely N-dealkylation sites (N-methyl/N-ethyl adjacent to an activating group) is 1. The molecular formula is C14H21BrN2O3S. The van der Waals surface area contributed by atoms with Gasteiger partial charge in [0.1, 0.15) is 0 Å². The van der Waals surface area contributed by atoms with Gasteiger partial charge in [-0.15, -0.1) is 0 Å². The minimum Gasteiger partial charge on any atom is -0.392 e. The van der Waals surface area contributed by atoms with E-state index in [2.05, 4.69) is 27.8 Å².